The van der Waals surface area contributed by atoms with Crippen LogP contribution < -0.4 is 19.1 Å². The molecule has 4 rings (SSSR count). The first-order valence-electron chi connectivity index (χ1n) is 10.4. The van der Waals surface area contributed by atoms with E-state index in [2.05, 4.69) is 15.1 Å². The van der Waals surface area contributed by atoms with Gasteiger partial charge in [0.1, 0.15) is 17.2 Å². The van der Waals surface area contributed by atoms with Gasteiger partial charge in [-0.05, 0) is 36.4 Å². The van der Waals surface area contributed by atoms with E-state index in [-0.39, 0.29) is 5.91 Å². The topological polar surface area (TPSA) is 77.0 Å². The summed E-state index contributed by atoms with van der Waals surface area (Å²) < 4.78 is 16.0. The number of nitrogens with zero attached hydrogens (tertiary/aromatic N) is 4. The largest absolute Gasteiger partial charge is 0.497 e. The van der Waals surface area contributed by atoms with E-state index in [1.165, 1.54) is 0 Å². The van der Waals surface area contributed by atoms with Gasteiger partial charge in [0.05, 0.1) is 27.0 Å². The lowest BCUT2D eigenvalue weighted by Crippen LogP contribution is -2.49. The van der Waals surface area contributed by atoms with Gasteiger partial charge in [0.15, 0.2) is 5.82 Å². The Morgan fingerprint density at radius 3 is 2.09 bits per heavy atom. The van der Waals surface area contributed by atoms with E-state index in [1.54, 1.807) is 39.5 Å². The maximum atomic E-state index is 13.0. The number of hydrogen-bond donors (Lipinski definition) is 0. The molecule has 2 aromatic carbocycles. The van der Waals surface area contributed by atoms with Gasteiger partial charge in [-0.1, -0.05) is 12.1 Å². The molecule has 8 nitrogen and oxygen atoms in total. The van der Waals surface area contributed by atoms with E-state index < -0.39 is 0 Å². The molecule has 1 fully saturated rings. The molecule has 0 spiro atoms. The summed E-state index contributed by atoms with van der Waals surface area (Å²) in [6.07, 6.45) is 0. The number of para-hydroxylation sites is 1. The molecule has 166 valence electrons. The number of carbonyl (C=O) groups is 1. The van der Waals surface area contributed by atoms with Crippen molar-refractivity contribution in [3.05, 3.63) is 60.2 Å². The van der Waals surface area contributed by atoms with Crippen molar-refractivity contribution in [1.82, 2.24) is 15.1 Å². The minimum atomic E-state index is -0.0422. The molecule has 3 aromatic rings. The minimum absolute atomic E-state index is 0.0422. The van der Waals surface area contributed by atoms with Gasteiger partial charge in [-0.15, -0.1) is 10.2 Å². The molecule has 8 heteroatoms. The predicted molar refractivity (Wildman–Crippen MR) is 122 cm³/mol. The fraction of sp³-hybridized carbons (Fsp3) is 0.292. The fourth-order valence-corrected chi connectivity index (χ4v) is 3.75. The van der Waals surface area contributed by atoms with Gasteiger partial charge in [0.2, 0.25) is 0 Å². The third-order valence-corrected chi connectivity index (χ3v) is 5.52. The molecular formula is C24H26N4O4. The molecule has 0 aliphatic carbocycles. The Morgan fingerprint density at radius 2 is 1.50 bits per heavy atom. The van der Waals surface area contributed by atoms with Crippen molar-refractivity contribution in [1.29, 1.82) is 0 Å². The Kier molecular flexibility index (Phi) is 6.39. The highest BCUT2D eigenvalue weighted by molar-refractivity contribution is 5.95. The van der Waals surface area contributed by atoms with E-state index in [1.807, 2.05) is 41.3 Å². The van der Waals surface area contributed by atoms with Crippen LogP contribution in [0.15, 0.2) is 54.6 Å². The quantitative estimate of drug-likeness (QED) is 0.590. The van der Waals surface area contributed by atoms with Crippen LogP contribution in [-0.4, -0.2) is 68.5 Å². The highest BCUT2D eigenvalue weighted by Gasteiger charge is 2.24. The van der Waals surface area contributed by atoms with E-state index in [0.717, 1.165) is 22.8 Å². The van der Waals surface area contributed by atoms with Gasteiger partial charge in [-0.25, -0.2) is 0 Å². The Balaban J connectivity index is 1.42. The SMILES string of the molecule is COc1cc(OC)cc(C(=O)N2CCN(c3ccc(-c4ccccc4OC)nn3)CC2)c1. The lowest BCUT2D eigenvalue weighted by Gasteiger charge is -2.35. The van der Waals surface area contributed by atoms with Gasteiger partial charge in [-0.2, -0.15) is 0 Å². The summed E-state index contributed by atoms with van der Waals surface area (Å²) in [5, 5.41) is 8.80. The standard InChI is InChI=1S/C24H26N4O4/c1-30-18-14-17(15-19(16-18)31-2)24(29)28-12-10-27(11-13-28)23-9-8-21(25-26-23)20-6-4-5-7-22(20)32-3/h4-9,14-16H,10-13H2,1-3H3. The van der Waals surface area contributed by atoms with Crippen LogP contribution in [0.4, 0.5) is 5.82 Å². The third-order valence-electron chi connectivity index (χ3n) is 5.52. The molecule has 1 saturated heterocycles. The molecule has 1 aromatic heterocycles. The Labute approximate surface area is 187 Å². The maximum Gasteiger partial charge on any atom is 0.254 e. The van der Waals surface area contributed by atoms with Gasteiger partial charge in [0.25, 0.3) is 5.91 Å². The van der Waals surface area contributed by atoms with Crippen LogP contribution in [0.1, 0.15) is 10.4 Å². The second-order valence-corrected chi connectivity index (χ2v) is 7.36. The predicted octanol–water partition coefficient (Wildman–Crippen LogP) is 3.13. The van der Waals surface area contributed by atoms with Crippen LogP contribution >= 0.6 is 0 Å². The number of benzene rings is 2. The number of aromatic nitrogens is 2. The first-order valence-corrected chi connectivity index (χ1v) is 10.4. The minimum Gasteiger partial charge on any atom is -0.497 e. The fourth-order valence-electron chi connectivity index (χ4n) is 3.75. The molecule has 0 N–H and O–H groups in total. The maximum absolute atomic E-state index is 13.0. The first kappa shape index (κ1) is 21.4. The molecule has 0 radical (unpaired) electrons. The highest BCUT2D eigenvalue weighted by Crippen LogP contribution is 2.28. The zero-order valence-electron chi connectivity index (χ0n) is 18.4. The lowest BCUT2D eigenvalue weighted by atomic mass is 10.1. The Morgan fingerprint density at radius 1 is 0.812 bits per heavy atom. The molecule has 0 bridgehead atoms. The van der Waals surface area contributed by atoms with Crippen LogP contribution in [0.2, 0.25) is 0 Å². The second-order valence-electron chi connectivity index (χ2n) is 7.36. The molecule has 0 saturated carbocycles. The molecule has 1 aliphatic rings. The van der Waals surface area contributed by atoms with Crippen LogP contribution in [0.3, 0.4) is 0 Å². The summed E-state index contributed by atoms with van der Waals surface area (Å²) in [5.74, 6) is 2.70. The number of piperazine rings is 1. The van der Waals surface area contributed by atoms with Gasteiger partial charge in [-0.3, -0.25) is 4.79 Å². The molecule has 32 heavy (non-hydrogen) atoms. The summed E-state index contributed by atoms with van der Waals surface area (Å²) in [4.78, 5) is 17.0. The van der Waals surface area contributed by atoms with Gasteiger partial charge >= 0.3 is 0 Å². The molecule has 2 heterocycles. The van der Waals surface area contributed by atoms with Gasteiger partial charge < -0.3 is 24.0 Å². The van der Waals surface area contributed by atoms with Crippen LogP contribution in [0.5, 0.6) is 17.2 Å². The average Bonchev–Trinajstić information content (AvgIpc) is 2.88. The summed E-state index contributed by atoms with van der Waals surface area (Å²) in [5.41, 5.74) is 2.21. The number of carbonyl (C=O) groups excluding carboxylic acids is 1. The van der Waals surface area contributed by atoms with Crippen molar-refractivity contribution >= 4 is 11.7 Å². The van der Waals surface area contributed by atoms with Crippen molar-refractivity contribution in [3.63, 3.8) is 0 Å². The number of hydrogen-bond acceptors (Lipinski definition) is 7. The Bertz CT molecular complexity index is 1060. The molecule has 1 aliphatic heterocycles. The molecule has 1 amide bonds. The smallest absolute Gasteiger partial charge is 0.254 e. The van der Waals surface area contributed by atoms with E-state index in [4.69, 9.17) is 14.2 Å². The number of anilines is 1. The number of amides is 1. The van der Waals surface area contributed by atoms with Crippen molar-refractivity contribution in [3.8, 4) is 28.5 Å². The summed E-state index contributed by atoms with van der Waals surface area (Å²) >= 11 is 0. The first-order chi connectivity index (χ1) is 15.6. The zero-order valence-corrected chi connectivity index (χ0v) is 18.4. The lowest BCUT2D eigenvalue weighted by molar-refractivity contribution is 0.0745. The van der Waals surface area contributed by atoms with Crippen LogP contribution in [0.25, 0.3) is 11.3 Å². The molecule has 0 unspecified atom stereocenters. The normalized spacial score (nSPS) is 13.6. The van der Waals surface area contributed by atoms with Crippen molar-refractivity contribution in [2.45, 2.75) is 0 Å². The van der Waals surface area contributed by atoms with Crippen molar-refractivity contribution < 1.29 is 19.0 Å². The number of methoxy groups -OCH3 is 3. The van der Waals surface area contributed by atoms with Crippen molar-refractivity contribution in [2.75, 3.05) is 52.4 Å². The monoisotopic (exact) mass is 434 g/mol. The Hall–Kier alpha value is -3.81. The second kappa shape index (κ2) is 9.55. The van der Waals surface area contributed by atoms with Crippen molar-refractivity contribution in [2.24, 2.45) is 0 Å². The number of rotatable bonds is 6. The molecule has 0 atom stereocenters. The summed E-state index contributed by atoms with van der Waals surface area (Å²) in [6.45, 7) is 2.54. The van der Waals surface area contributed by atoms with E-state index >= 15 is 0 Å². The zero-order chi connectivity index (χ0) is 22.5. The van der Waals surface area contributed by atoms with E-state index in [9.17, 15) is 4.79 Å². The molecular weight excluding hydrogens is 408 g/mol. The van der Waals surface area contributed by atoms with Gasteiger partial charge in [0, 0.05) is 43.4 Å². The highest BCUT2D eigenvalue weighted by atomic mass is 16.5. The summed E-state index contributed by atoms with van der Waals surface area (Å²) in [7, 11) is 4.78. The van der Waals surface area contributed by atoms with E-state index in [0.29, 0.717) is 43.2 Å². The summed E-state index contributed by atoms with van der Waals surface area (Å²) in [6, 6.07) is 16.9. The van der Waals surface area contributed by atoms with Crippen LogP contribution in [0, 0.1) is 0 Å². The third kappa shape index (κ3) is 4.44. The number of ether oxygens (including phenoxy) is 3. The van der Waals surface area contributed by atoms with Crippen LogP contribution in [-0.2, 0) is 0 Å². The average molecular weight is 434 g/mol.